The van der Waals surface area contributed by atoms with Crippen LogP contribution in [0.25, 0.3) is 11.0 Å². The first kappa shape index (κ1) is 17.8. The zero-order valence-electron chi connectivity index (χ0n) is 14.7. The fourth-order valence-electron chi connectivity index (χ4n) is 3.44. The summed E-state index contributed by atoms with van der Waals surface area (Å²) in [6, 6.07) is 11.7. The lowest BCUT2D eigenvalue weighted by molar-refractivity contribution is -0.125. The Labute approximate surface area is 161 Å². The molecule has 0 unspecified atom stereocenters. The van der Waals surface area contributed by atoms with E-state index in [0.29, 0.717) is 18.1 Å². The van der Waals surface area contributed by atoms with E-state index in [1.807, 2.05) is 18.2 Å². The third-order valence-electron chi connectivity index (χ3n) is 4.90. The van der Waals surface area contributed by atoms with Gasteiger partial charge in [-0.05, 0) is 48.7 Å². The second-order valence-electron chi connectivity index (χ2n) is 6.85. The second kappa shape index (κ2) is 7.56. The predicted molar refractivity (Wildman–Crippen MR) is 104 cm³/mol. The lowest BCUT2D eigenvalue weighted by atomic mass is 9.97. The number of halogens is 2. The number of fused-ring (bicyclic) bond motifs is 1. The van der Waals surface area contributed by atoms with Crippen LogP contribution in [-0.4, -0.2) is 29.0 Å². The highest BCUT2D eigenvalue weighted by Gasteiger charge is 2.27. The molecule has 140 valence electrons. The molecule has 0 saturated carbocycles. The van der Waals surface area contributed by atoms with Crippen molar-refractivity contribution in [1.82, 2.24) is 15.3 Å². The Morgan fingerprint density at radius 2 is 2.11 bits per heavy atom. The van der Waals surface area contributed by atoms with E-state index in [4.69, 9.17) is 11.6 Å². The van der Waals surface area contributed by atoms with Crippen molar-refractivity contribution in [2.45, 2.75) is 19.4 Å². The van der Waals surface area contributed by atoms with Crippen molar-refractivity contribution in [2.75, 3.05) is 18.0 Å². The van der Waals surface area contributed by atoms with Crippen LogP contribution < -0.4 is 10.2 Å². The molecule has 1 amide bonds. The van der Waals surface area contributed by atoms with Crippen LogP contribution in [0.5, 0.6) is 0 Å². The Morgan fingerprint density at radius 3 is 2.93 bits per heavy atom. The van der Waals surface area contributed by atoms with Gasteiger partial charge in [0.15, 0.2) is 0 Å². The van der Waals surface area contributed by atoms with Gasteiger partial charge in [-0.1, -0.05) is 23.7 Å². The smallest absolute Gasteiger partial charge is 0.225 e. The number of piperidine rings is 1. The van der Waals surface area contributed by atoms with Crippen molar-refractivity contribution in [1.29, 1.82) is 0 Å². The Bertz CT molecular complexity index is 956. The molecule has 1 atom stereocenters. The van der Waals surface area contributed by atoms with Crippen LogP contribution in [-0.2, 0) is 11.3 Å². The number of anilines is 1. The molecule has 3 aromatic rings. The fraction of sp³-hybridized carbons (Fsp3) is 0.300. The molecule has 0 spiro atoms. The van der Waals surface area contributed by atoms with Crippen molar-refractivity contribution in [3.8, 4) is 0 Å². The Hall–Kier alpha value is -2.60. The van der Waals surface area contributed by atoms with Crippen LogP contribution in [0.1, 0.15) is 18.4 Å². The van der Waals surface area contributed by atoms with Gasteiger partial charge in [0, 0.05) is 24.7 Å². The summed E-state index contributed by atoms with van der Waals surface area (Å²) in [5.41, 5.74) is 2.63. The van der Waals surface area contributed by atoms with Crippen molar-refractivity contribution in [3.05, 3.63) is 58.9 Å². The molecule has 7 heteroatoms. The molecule has 1 aliphatic rings. The van der Waals surface area contributed by atoms with Crippen LogP contribution in [0.15, 0.2) is 42.5 Å². The standard InChI is InChI=1S/C20H20ClFN4O/c21-15-5-8-17-18(10-15)25-20(24-17)26-9-1-2-14(12-26)19(27)23-11-13-3-6-16(22)7-4-13/h3-8,10,14H,1-2,9,11-12H2,(H,23,27)(H,24,25)/t14-/m1/s1. The average Bonchev–Trinajstić information content (AvgIpc) is 3.10. The third kappa shape index (κ3) is 4.06. The van der Waals surface area contributed by atoms with E-state index >= 15 is 0 Å². The summed E-state index contributed by atoms with van der Waals surface area (Å²) < 4.78 is 13.0. The topological polar surface area (TPSA) is 61.0 Å². The van der Waals surface area contributed by atoms with Crippen LogP contribution in [0.4, 0.5) is 10.3 Å². The quantitative estimate of drug-likeness (QED) is 0.715. The predicted octanol–water partition coefficient (Wildman–Crippen LogP) is 3.89. The number of rotatable bonds is 4. The molecule has 2 N–H and O–H groups in total. The first-order chi connectivity index (χ1) is 13.1. The first-order valence-electron chi connectivity index (χ1n) is 9.01. The van der Waals surface area contributed by atoms with Crippen molar-refractivity contribution >= 4 is 34.5 Å². The van der Waals surface area contributed by atoms with Crippen LogP contribution in [0.3, 0.4) is 0 Å². The van der Waals surface area contributed by atoms with E-state index in [9.17, 15) is 9.18 Å². The van der Waals surface area contributed by atoms with Gasteiger partial charge in [0.1, 0.15) is 5.82 Å². The summed E-state index contributed by atoms with van der Waals surface area (Å²) in [6.07, 6.45) is 1.77. The van der Waals surface area contributed by atoms with Gasteiger partial charge in [-0.3, -0.25) is 4.79 Å². The molecule has 1 fully saturated rings. The molecule has 2 heterocycles. The van der Waals surface area contributed by atoms with Gasteiger partial charge < -0.3 is 15.2 Å². The molecule has 1 saturated heterocycles. The van der Waals surface area contributed by atoms with E-state index < -0.39 is 0 Å². The van der Waals surface area contributed by atoms with Gasteiger partial charge in [-0.2, -0.15) is 0 Å². The van der Waals surface area contributed by atoms with E-state index in [0.717, 1.165) is 41.9 Å². The maximum absolute atomic E-state index is 13.0. The number of nitrogens with zero attached hydrogens (tertiary/aromatic N) is 2. The molecule has 1 aromatic heterocycles. The summed E-state index contributed by atoms with van der Waals surface area (Å²) in [5, 5.41) is 3.62. The maximum atomic E-state index is 13.0. The van der Waals surface area contributed by atoms with Crippen molar-refractivity contribution in [2.24, 2.45) is 5.92 Å². The lowest BCUT2D eigenvalue weighted by Crippen LogP contribution is -2.43. The highest BCUT2D eigenvalue weighted by atomic mass is 35.5. The minimum Gasteiger partial charge on any atom is -0.352 e. The number of nitrogens with one attached hydrogen (secondary N) is 2. The summed E-state index contributed by atoms with van der Waals surface area (Å²) in [7, 11) is 0. The third-order valence-corrected chi connectivity index (χ3v) is 5.14. The molecular formula is C20H20ClFN4O. The highest BCUT2D eigenvalue weighted by Crippen LogP contribution is 2.25. The Morgan fingerprint density at radius 1 is 1.30 bits per heavy atom. The summed E-state index contributed by atoms with van der Waals surface area (Å²) in [6.45, 7) is 1.87. The SMILES string of the molecule is O=C(NCc1ccc(F)cc1)[C@@H]1CCCN(c2nc3ccc(Cl)cc3[nH]2)C1. The Balaban J connectivity index is 1.40. The van der Waals surface area contributed by atoms with Crippen LogP contribution in [0.2, 0.25) is 5.02 Å². The number of aromatic amines is 1. The van der Waals surface area contributed by atoms with Gasteiger partial charge in [0.25, 0.3) is 0 Å². The number of imidazole rings is 1. The molecule has 0 bridgehead atoms. The molecule has 2 aromatic carbocycles. The van der Waals surface area contributed by atoms with Crippen LogP contribution >= 0.6 is 11.6 Å². The van der Waals surface area contributed by atoms with Crippen LogP contribution in [0, 0.1) is 11.7 Å². The van der Waals surface area contributed by atoms with Gasteiger partial charge in [-0.25, -0.2) is 9.37 Å². The largest absolute Gasteiger partial charge is 0.352 e. The van der Waals surface area contributed by atoms with Gasteiger partial charge >= 0.3 is 0 Å². The number of amides is 1. The number of H-pyrrole nitrogens is 1. The number of hydrogen-bond donors (Lipinski definition) is 2. The summed E-state index contributed by atoms with van der Waals surface area (Å²) in [4.78, 5) is 22.6. The molecular weight excluding hydrogens is 367 g/mol. The van der Waals surface area contributed by atoms with Gasteiger partial charge in [0.05, 0.1) is 17.0 Å². The average molecular weight is 387 g/mol. The molecule has 27 heavy (non-hydrogen) atoms. The minimum absolute atomic E-state index is 0.0168. The van der Waals surface area contributed by atoms with E-state index in [-0.39, 0.29) is 17.6 Å². The zero-order valence-corrected chi connectivity index (χ0v) is 15.5. The van der Waals surface area contributed by atoms with Gasteiger partial charge in [0.2, 0.25) is 11.9 Å². The lowest BCUT2D eigenvalue weighted by Gasteiger charge is -2.31. The minimum atomic E-state index is -0.278. The normalized spacial score (nSPS) is 17.3. The van der Waals surface area contributed by atoms with E-state index in [2.05, 4.69) is 20.2 Å². The highest BCUT2D eigenvalue weighted by molar-refractivity contribution is 6.31. The molecule has 0 aliphatic carbocycles. The summed E-state index contributed by atoms with van der Waals surface area (Å²) in [5.74, 6) is 0.405. The zero-order chi connectivity index (χ0) is 18.8. The number of benzene rings is 2. The molecule has 0 radical (unpaired) electrons. The van der Waals surface area contributed by atoms with Crippen molar-refractivity contribution in [3.63, 3.8) is 0 Å². The summed E-state index contributed by atoms with van der Waals surface area (Å²) >= 11 is 6.04. The molecule has 5 nitrogen and oxygen atoms in total. The number of hydrogen-bond acceptors (Lipinski definition) is 3. The fourth-order valence-corrected chi connectivity index (χ4v) is 3.61. The number of aromatic nitrogens is 2. The second-order valence-corrected chi connectivity index (χ2v) is 7.29. The maximum Gasteiger partial charge on any atom is 0.225 e. The Kier molecular flexibility index (Phi) is 4.99. The number of carbonyl (C=O) groups is 1. The van der Waals surface area contributed by atoms with Crippen molar-refractivity contribution < 1.29 is 9.18 Å². The molecule has 4 rings (SSSR count). The van der Waals surface area contributed by atoms with E-state index in [1.165, 1.54) is 12.1 Å². The first-order valence-corrected chi connectivity index (χ1v) is 9.39. The van der Waals surface area contributed by atoms with E-state index in [1.54, 1.807) is 12.1 Å². The number of carbonyl (C=O) groups excluding carboxylic acids is 1. The van der Waals surface area contributed by atoms with Gasteiger partial charge in [-0.15, -0.1) is 0 Å². The monoisotopic (exact) mass is 386 g/mol. The molecule has 1 aliphatic heterocycles.